The molecule has 0 fully saturated rings. The third kappa shape index (κ3) is 4.00. The Morgan fingerprint density at radius 2 is 1.76 bits per heavy atom. The van der Waals surface area contributed by atoms with Crippen LogP contribution in [-0.4, -0.2) is 39.8 Å². The van der Waals surface area contributed by atoms with Crippen molar-refractivity contribution >= 4 is 21.6 Å². The van der Waals surface area contributed by atoms with Crippen molar-refractivity contribution in [1.29, 1.82) is 0 Å². The van der Waals surface area contributed by atoms with Gasteiger partial charge >= 0.3 is 0 Å². The Kier molecular flexibility index (Phi) is 5.49. The standard InChI is InChI=1S/C18H22N2O4S/c1-12-6-8-15(13(2)10-12)18(21)19-16-11-14(7-9-17(16)24-5)25(22,23)20(3)4/h6-11H,1-5H3,(H,19,21). The van der Waals surface area contributed by atoms with Gasteiger partial charge in [-0.15, -0.1) is 0 Å². The average Bonchev–Trinajstić information content (AvgIpc) is 2.54. The molecule has 0 saturated carbocycles. The molecule has 0 aliphatic heterocycles. The Morgan fingerprint density at radius 1 is 1.08 bits per heavy atom. The average molecular weight is 362 g/mol. The highest BCUT2D eigenvalue weighted by Crippen LogP contribution is 2.29. The van der Waals surface area contributed by atoms with Crippen LogP contribution in [0.15, 0.2) is 41.3 Å². The van der Waals surface area contributed by atoms with E-state index >= 15 is 0 Å². The molecule has 0 aromatic heterocycles. The van der Waals surface area contributed by atoms with Gasteiger partial charge in [0.2, 0.25) is 10.0 Å². The lowest BCUT2D eigenvalue weighted by Crippen LogP contribution is -2.22. The number of nitrogens with zero attached hydrogens (tertiary/aromatic N) is 1. The van der Waals surface area contributed by atoms with E-state index < -0.39 is 10.0 Å². The Bertz CT molecular complexity index is 905. The summed E-state index contributed by atoms with van der Waals surface area (Å²) >= 11 is 0. The number of aryl methyl sites for hydroxylation is 2. The molecule has 0 heterocycles. The van der Waals surface area contributed by atoms with Gasteiger partial charge in [-0.25, -0.2) is 12.7 Å². The van der Waals surface area contributed by atoms with E-state index in [-0.39, 0.29) is 10.8 Å². The summed E-state index contributed by atoms with van der Waals surface area (Å²) in [5.41, 5.74) is 2.73. The van der Waals surface area contributed by atoms with Gasteiger partial charge < -0.3 is 10.1 Å². The van der Waals surface area contributed by atoms with Gasteiger partial charge in [-0.05, 0) is 43.7 Å². The summed E-state index contributed by atoms with van der Waals surface area (Å²) in [5.74, 6) is 0.0611. The van der Waals surface area contributed by atoms with Gasteiger partial charge in [-0.3, -0.25) is 4.79 Å². The van der Waals surface area contributed by atoms with Crippen LogP contribution in [0.2, 0.25) is 0 Å². The highest BCUT2D eigenvalue weighted by molar-refractivity contribution is 7.89. The van der Waals surface area contributed by atoms with Crippen molar-refractivity contribution in [2.45, 2.75) is 18.7 Å². The van der Waals surface area contributed by atoms with Crippen LogP contribution in [0.1, 0.15) is 21.5 Å². The largest absolute Gasteiger partial charge is 0.495 e. The number of rotatable bonds is 5. The lowest BCUT2D eigenvalue weighted by molar-refractivity contribution is 0.102. The summed E-state index contributed by atoms with van der Waals surface area (Å²) in [6.07, 6.45) is 0. The second-order valence-electron chi connectivity index (χ2n) is 5.92. The number of nitrogens with one attached hydrogen (secondary N) is 1. The molecule has 134 valence electrons. The van der Waals surface area contributed by atoms with Crippen molar-refractivity contribution in [3.05, 3.63) is 53.1 Å². The molecule has 0 saturated heterocycles. The lowest BCUT2D eigenvalue weighted by atomic mass is 10.1. The highest BCUT2D eigenvalue weighted by Gasteiger charge is 2.20. The normalized spacial score (nSPS) is 11.4. The van der Waals surface area contributed by atoms with Crippen molar-refractivity contribution in [2.24, 2.45) is 0 Å². The van der Waals surface area contributed by atoms with E-state index in [9.17, 15) is 13.2 Å². The SMILES string of the molecule is COc1ccc(S(=O)(=O)N(C)C)cc1NC(=O)c1ccc(C)cc1C. The number of sulfonamides is 1. The zero-order valence-corrected chi connectivity index (χ0v) is 15.8. The fraction of sp³-hybridized carbons (Fsp3) is 0.278. The molecular weight excluding hydrogens is 340 g/mol. The number of carbonyl (C=O) groups is 1. The Labute approximate surface area is 148 Å². The van der Waals surface area contributed by atoms with Gasteiger partial charge in [-0.2, -0.15) is 0 Å². The maximum atomic E-state index is 12.6. The molecule has 7 heteroatoms. The summed E-state index contributed by atoms with van der Waals surface area (Å²) in [7, 11) is 0.752. The number of hydrogen-bond donors (Lipinski definition) is 1. The first-order valence-corrected chi connectivity index (χ1v) is 9.10. The molecule has 0 aliphatic carbocycles. The number of ether oxygens (including phenoxy) is 1. The van der Waals surface area contributed by atoms with E-state index in [4.69, 9.17) is 4.74 Å². The number of amides is 1. The van der Waals surface area contributed by atoms with Crippen molar-refractivity contribution in [2.75, 3.05) is 26.5 Å². The van der Waals surface area contributed by atoms with E-state index in [1.807, 2.05) is 26.0 Å². The first kappa shape index (κ1) is 19.0. The molecule has 0 bridgehead atoms. The minimum atomic E-state index is -3.61. The molecule has 25 heavy (non-hydrogen) atoms. The molecule has 1 amide bonds. The van der Waals surface area contributed by atoms with Gasteiger partial charge in [-0.1, -0.05) is 17.7 Å². The lowest BCUT2D eigenvalue weighted by Gasteiger charge is -2.15. The molecule has 2 rings (SSSR count). The Morgan fingerprint density at radius 3 is 2.32 bits per heavy atom. The second kappa shape index (κ2) is 7.25. The van der Waals surface area contributed by atoms with Crippen molar-refractivity contribution in [1.82, 2.24) is 4.31 Å². The Balaban J connectivity index is 2.42. The Hall–Kier alpha value is -2.38. The summed E-state index contributed by atoms with van der Waals surface area (Å²) in [5, 5.41) is 2.74. The quantitative estimate of drug-likeness (QED) is 0.887. The third-order valence-electron chi connectivity index (χ3n) is 3.82. The fourth-order valence-corrected chi connectivity index (χ4v) is 3.34. The topological polar surface area (TPSA) is 75.7 Å². The van der Waals surface area contributed by atoms with Crippen LogP contribution >= 0.6 is 0 Å². The summed E-state index contributed by atoms with van der Waals surface area (Å²) in [4.78, 5) is 12.7. The number of carbonyl (C=O) groups excluding carboxylic acids is 1. The third-order valence-corrected chi connectivity index (χ3v) is 5.64. The van der Waals surface area contributed by atoms with Crippen molar-refractivity contribution in [3.63, 3.8) is 0 Å². The number of benzene rings is 2. The van der Waals surface area contributed by atoms with E-state index in [0.717, 1.165) is 15.4 Å². The molecule has 0 unspecified atom stereocenters. The number of hydrogen-bond acceptors (Lipinski definition) is 4. The van der Waals surface area contributed by atoms with Crippen LogP contribution in [0.25, 0.3) is 0 Å². The highest BCUT2D eigenvalue weighted by atomic mass is 32.2. The van der Waals surface area contributed by atoms with Crippen LogP contribution in [0.3, 0.4) is 0 Å². The molecule has 2 aromatic rings. The van der Waals surface area contributed by atoms with Crippen LogP contribution < -0.4 is 10.1 Å². The molecule has 0 radical (unpaired) electrons. The van der Waals surface area contributed by atoms with Gasteiger partial charge in [0.1, 0.15) is 5.75 Å². The van der Waals surface area contributed by atoms with E-state index in [2.05, 4.69) is 5.32 Å². The van der Waals surface area contributed by atoms with E-state index in [1.165, 1.54) is 39.4 Å². The van der Waals surface area contributed by atoms with Crippen molar-refractivity contribution in [3.8, 4) is 5.75 Å². The monoisotopic (exact) mass is 362 g/mol. The van der Waals surface area contributed by atoms with Gasteiger partial charge in [0, 0.05) is 19.7 Å². The number of methoxy groups -OCH3 is 1. The van der Waals surface area contributed by atoms with Crippen molar-refractivity contribution < 1.29 is 17.9 Å². The predicted molar refractivity (Wildman–Crippen MR) is 97.7 cm³/mol. The van der Waals surface area contributed by atoms with Crippen LogP contribution in [0.4, 0.5) is 5.69 Å². The predicted octanol–water partition coefficient (Wildman–Crippen LogP) is 2.81. The number of anilines is 1. The van der Waals surface area contributed by atoms with Crippen LogP contribution in [0.5, 0.6) is 5.75 Å². The molecule has 2 aromatic carbocycles. The summed E-state index contributed by atoms with van der Waals surface area (Å²) < 4.78 is 31.0. The van der Waals surface area contributed by atoms with Gasteiger partial charge in [0.25, 0.3) is 5.91 Å². The maximum absolute atomic E-state index is 12.6. The van der Waals surface area contributed by atoms with E-state index in [0.29, 0.717) is 17.0 Å². The molecule has 0 atom stereocenters. The van der Waals surface area contributed by atoms with Gasteiger partial charge in [0.05, 0.1) is 17.7 Å². The maximum Gasteiger partial charge on any atom is 0.256 e. The van der Waals surface area contributed by atoms with E-state index in [1.54, 1.807) is 6.07 Å². The molecule has 0 aliphatic rings. The minimum Gasteiger partial charge on any atom is -0.495 e. The summed E-state index contributed by atoms with van der Waals surface area (Å²) in [6, 6.07) is 9.88. The molecule has 0 spiro atoms. The molecule has 1 N–H and O–H groups in total. The van der Waals surface area contributed by atoms with Crippen LogP contribution in [-0.2, 0) is 10.0 Å². The first-order chi connectivity index (χ1) is 11.7. The van der Waals surface area contributed by atoms with Gasteiger partial charge in [0.15, 0.2) is 0 Å². The fourth-order valence-electron chi connectivity index (χ4n) is 2.41. The molecule has 6 nitrogen and oxygen atoms in total. The minimum absolute atomic E-state index is 0.0780. The smallest absolute Gasteiger partial charge is 0.256 e. The molecular formula is C18H22N2O4S. The second-order valence-corrected chi connectivity index (χ2v) is 8.07. The zero-order chi connectivity index (χ0) is 18.8. The summed E-state index contributed by atoms with van der Waals surface area (Å²) in [6.45, 7) is 3.80. The zero-order valence-electron chi connectivity index (χ0n) is 15.0. The first-order valence-electron chi connectivity index (χ1n) is 7.66. The van der Waals surface area contributed by atoms with Crippen LogP contribution in [0, 0.1) is 13.8 Å².